The number of aromatic nitrogens is 3. The van der Waals surface area contributed by atoms with Crippen LogP contribution in [0.4, 0.5) is 0 Å². The monoisotopic (exact) mass is 313 g/mol. The zero-order valence-corrected chi connectivity index (χ0v) is 13.7. The Morgan fingerprint density at radius 3 is 2.96 bits per heavy atom. The van der Waals surface area contributed by atoms with E-state index in [1.807, 2.05) is 6.92 Å². The fraction of sp³-hybridized carbons (Fsp3) is 0.471. The van der Waals surface area contributed by atoms with Crippen molar-refractivity contribution < 1.29 is 4.79 Å². The number of aryl methyl sites for hydroxylation is 2. The van der Waals surface area contributed by atoms with Crippen LogP contribution >= 0.6 is 0 Å². The molecule has 1 amide bonds. The number of hydrogen-bond acceptors (Lipinski definition) is 4. The Hall–Kier alpha value is -2.21. The fourth-order valence-electron chi connectivity index (χ4n) is 3.47. The molecule has 2 aromatic heterocycles. The van der Waals surface area contributed by atoms with E-state index in [9.17, 15) is 4.79 Å². The van der Waals surface area contributed by atoms with Crippen LogP contribution in [0.15, 0.2) is 18.3 Å². The average molecular weight is 313 g/mol. The highest BCUT2D eigenvalue weighted by Crippen LogP contribution is 2.32. The summed E-state index contributed by atoms with van der Waals surface area (Å²) in [5, 5.41) is 7.00. The number of carbonyl (C=O) groups excluding carboxylic acids is 1. The molecule has 3 N–H and O–H groups in total. The minimum atomic E-state index is -0.427. The van der Waals surface area contributed by atoms with Gasteiger partial charge in [0.25, 0.3) is 5.91 Å². The Morgan fingerprint density at radius 1 is 1.39 bits per heavy atom. The van der Waals surface area contributed by atoms with Gasteiger partial charge in [0.2, 0.25) is 0 Å². The van der Waals surface area contributed by atoms with Gasteiger partial charge < -0.3 is 5.73 Å². The van der Waals surface area contributed by atoms with Gasteiger partial charge in [0.1, 0.15) is 0 Å². The summed E-state index contributed by atoms with van der Waals surface area (Å²) in [6.45, 7) is 5.86. The number of carbonyl (C=O) groups is 1. The first-order valence-corrected chi connectivity index (χ1v) is 8.06. The van der Waals surface area contributed by atoms with Crippen LogP contribution in [0.2, 0.25) is 0 Å². The summed E-state index contributed by atoms with van der Waals surface area (Å²) in [5.74, 6) is -0.427. The summed E-state index contributed by atoms with van der Waals surface area (Å²) in [6, 6.07) is 4.34. The lowest BCUT2D eigenvalue weighted by Crippen LogP contribution is -2.34. The number of hydrogen-bond donors (Lipinski definition) is 2. The van der Waals surface area contributed by atoms with Crippen molar-refractivity contribution in [3.05, 3.63) is 46.5 Å². The highest BCUT2D eigenvalue weighted by molar-refractivity contribution is 5.93. The zero-order valence-electron chi connectivity index (χ0n) is 13.7. The van der Waals surface area contributed by atoms with Gasteiger partial charge in [0, 0.05) is 12.2 Å². The molecule has 0 radical (unpaired) electrons. The molecule has 1 atom stereocenters. The lowest BCUT2D eigenvalue weighted by Gasteiger charge is -2.35. The maximum atomic E-state index is 11.6. The summed E-state index contributed by atoms with van der Waals surface area (Å²) in [5.41, 5.74) is 10.1. The smallest absolute Gasteiger partial charge is 0.252 e. The molecular weight excluding hydrogens is 290 g/mol. The Labute approximate surface area is 136 Å². The van der Waals surface area contributed by atoms with E-state index in [0.29, 0.717) is 5.56 Å². The number of likely N-dealkylation sites (tertiary alicyclic amines) is 1. The number of nitrogens with zero attached hydrogens (tertiary/aromatic N) is 3. The Bertz CT molecular complexity index is 689. The molecule has 0 aliphatic carbocycles. The molecule has 0 aromatic carbocycles. The third-order valence-corrected chi connectivity index (χ3v) is 4.40. The van der Waals surface area contributed by atoms with Gasteiger partial charge in [-0.1, -0.05) is 6.42 Å². The van der Waals surface area contributed by atoms with Gasteiger partial charge in [-0.15, -0.1) is 0 Å². The number of amides is 1. The van der Waals surface area contributed by atoms with Crippen LogP contribution in [0.3, 0.4) is 0 Å². The normalized spacial score (nSPS) is 19.0. The molecule has 1 fully saturated rings. The van der Waals surface area contributed by atoms with Gasteiger partial charge in [0.15, 0.2) is 0 Å². The number of aromatic amines is 1. The molecular formula is C17H23N5O. The van der Waals surface area contributed by atoms with Crippen LogP contribution in [0.1, 0.15) is 58.3 Å². The molecule has 1 aliphatic heterocycles. The largest absolute Gasteiger partial charge is 0.365 e. The number of primary amides is 1. The van der Waals surface area contributed by atoms with Crippen LogP contribution in [-0.2, 0) is 6.54 Å². The Balaban J connectivity index is 1.86. The predicted molar refractivity (Wildman–Crippen MR) is 87.8 cm³/mol. The Morgan fingerprint density at radius 2 is 2.22 bits per heavy atom. The minimum absolute atomic E-state index is 0.136. The van der Waals surface area contributed by atoms with E-state index in [4.69, 9.17) is 5.73 Å². The first-order chi connectivity index (χ1) is 11.0. The number of rotatable bonds is 4. The van der Waals surface area contributed by atoms with Crippen LogP contribution in [-0.4, -0.2) is 32.5 Å². The van der Waals surface area contributed by atoms with Crippen molar-refractivity contribution in [1.29, 1.82) is 0 Å². The molecule has 3 rings (SSSR count). The van der Waals surface area contributed by atoms with Crippen LogP contribution in [0.25, 0.3) is 0 Å². The van der Waals surface area contributed by atoms with E-state index >= 15 is 0 Å². The molecule has 6 nitrogen and oxygen atoms in total. The molecule has 1 unspecified atom stereocenters. The van der Waals surface area contributed by atoms with E-state index in [0.717, 1.165) is 49.4 Å². The molecule has 23 heavy (non-hydrogen) atoms. The first kappa shape index (κ1) is 15.7. The molecule has 3 heterocycles. The number of piperidine rings is 1. The van der Waals surface area contributed by atoms with Gasteiger partial charge >= 0.3 is 0 Å². The van der Waals surface area contributed by atoms with Crippen LogP contribution in [0, 0.1) is 13.8 Å². The lowest BCUT2D eigenvalue weighted by molar-refractivity contribution is 0.0989. The summed E-state index contributed by atoms with van der Waals surface area (Å²) in [4.78, 5) is 18.6. The molecule has 1 aliphatic rings. The van der Waals surface area contributed by atoms with E-state index in [-0.39, 0.29) is 6.04 Å². The molecule has 0 bridgehead atoms. The number of nitrogens with one attached hydrogen (secondary N) is 1. The molecule has 1 saturated heterocycles. The van der Waals surface area contributed by atoms with Crippen molar-refractivity contribution >= 4 is 5.91 Å². The van der Waals surface area contributed by atoms with Crippen molar-refractivity contribution in [3.63, 3.8) is 0 Å². The second kappa shape index (κ2) is 6.50. The third kappa shape index (κ3) is 3.42. The van der Waals surface area contributed by atoms with Gasteiger partial charge in [0.05, 0.1) is 29.2 Å². The molecule has 0 saturated carbocycles. The van der Waals surface area contributed by atoms with Crippen molar-refractivity contribution in [3.8, 4) is 0 Å². The molecule has 6 heteroatoms. The van der Waals surface area contributed by atoms with Crippen molar-refractivity contribution in [2.24, 2.45) is 5.73 Å². The second-order valence-corrected chi connectivity index (χ2v) is 6.32. The number of H-pyrrole nitrogens is 1. The quantitative estimate of drug-likeness (QED) is 0.906. The summed E-state index contributed by atoms with van der Waals surface area (Å²) >= 11 is 0. The maximum absolute atomic E-state index is 11.6. The molecule has 0 spiro atoms. The Kier molecular flexibility index (Phi) is 4.43. The van der Waals surface area contributed by atoms with Crippen molar-refractivity contribution in [2.45, 2.75) is 45.7 Å². The van der Waals surface area contributed by atoms with E-state index in [2.05, 4.69) is 39.1 Å². The fourth-order valence-corrected chi connectivity index (χ4v) is 3.47. The third-order valence-electron chi connectivity index (χ3n) is 4.40. The van der Waals surface area contributed by atoms with Gasteiger partial charge in [-0.05, 0) is 50.9 Å². The lowest BCUT2D eigenvalue weighted by atomic mass is 9.96. The first-order valence-electron chi connectivity index (χ1n) is 8.06. The van der Waals surface area contributed by atoms with Crippen LogP contribution < -0.4 is 5.73 Å². The van der Waals surface area contributed by atoms with Gasteiger partial charge in [-0.2, -0.15) is 5.10 Å². The van der Waals surface area contributed by atoms with E-state index < -0.39 is 5.91 Å². The van der Waals surface area contributed by atoms with E-state index in [1.54, 1.807) is 0 Å². The average Bonchev–Trinajstić information content (AvgIpc) is 2.96. The van der Waals surface area contributed by atoms with Gasteiger partial charge in [-0.25, -0.2) is 0 Å². The highest BCUT2D eigenvalue weighted by atomic mass is 16.1. The number of nitrogens with two attached hydrogens (primary N) is 1. The minimum Gasteiger partial charge on any atom is -0.365 e. The predicted octanol–water partition coefficient (Wildman–Crippen LogP) is 2.25. The summed E-state index contributed by atoms with van der Waals surface area (Å²) in [6.07, 6.45) is 4.81. The summed E-state index contributed by atoms with van der Waals surface area (Å²) < 4.78 is 0. The van der Waals surface area contributed by atoms with Crippen molar-refractivity contribution in [1.82, 2.24) is 20.1 Å². The number of pyridine rings is 1. The molecule has 122 valence electrons. The molecule has 2 aromatic rings. The maximum Gasteiger partial charge on any atom is 0.252 e. The standard InChI is InChI=1S/C17H23N5O/c1-11-7-12(2)20-13(8-11)10-22-6-4-3-5-15(22)16-14(17(18)23)9-19-21-16/h7-9,15H,3-6,10H2,1-2H3,(H2,18,23)(H,19,21). The highest BCUT2D eigenvalue weighted by Gasteiger charge is 2.28. The SMILES string of the molecule is Cc1cc(C)nc(CN2CCCCC2c2[nH]ncc2C(N)=O)c1. The topological polar surface area (TPSA) is 87.9 Å². The summed E-state index contributed by atoms with van der Waals surface area (Å²) in [7, 11) is 0. The van der Waals surface area contributed by atoms with E-state index in [1.165, 1.54) is 11.8 Å². The zero-order chi connectivity index (χ0) is 16.4. The second-order valence-electron chi connectivity index (χ2n) is 6.32. The van der Waals surface area contributed by atoms with Crippen molar-refractivity contribution in [2.75, 3.05) is 6.54 Å². The van der Waals surface area contributed by atoms with Gasteiger partial charge in [-0.3, -0.25) is 19.8 Å². The van der Waals surface area contributed by atoms with Crippen LogP contribution in [0.5, 0.6) is 0 Å².